The lowest BCUT2D eigenvalue weighted by Crippen LogP contribution is -2.22. The summed E-state index contributed by atoms with van der Waals surface area (Å²) in [5, 5.41) is 0. The van der Waals surface area contributed by atoms with Gasteiger partial charge in [0.15, 0.2) is 0 Å². The van der Waals surface area contributed by atoms with Crippen molar-refractivity contribution >= 4 is 6.98 Å². The van der Waals surface area contributed by atoms with Crippen molar-refractivity contribution in [1.82, 2.24) is 0 Å². The lowest BCUT2D eigenvalue weighted by molar-refractivity contribution is 0.468. The van der Waals surface area contributed by atoms with Crippen molar-refractivity contribution in [1.29, 1.82) is 0 Å². The minimum absolute atomic E-state index is 0.144. The summed E-state index contributed by atoms with van der Waals surface area (Å²) in [4.78, 5) is 0. The van der Waals surface area contributed by atoms with Gasteiger partial charge in [-0.1, -0.05) is 71.6 Å². The second-order valence-electron chi connectivity index (χ2n) is 7.33. The lowest BCUT2D eigenvalue weighted by Gasteiger charge is -2.27. The van der Waals surface area contributed by atoms with E-state index in [1.54, 1.807) is 12.1 Å². The molecule has 1 aromatic rings. The summed E-state index contributed by atoms with van der Waals surface area (Å²) in [6.45, 7) is 7.36. The standard InChI is InChI=1S/C15H23BF3/c1-14(2,3)12-7-11(10-16(17,18)19)8-13(9-12)15(4,5)6/h7-9H,10H2,1-6H3/q-1. The van der Waals surface area contributed by atoms with E-state index in [4.69, 9.17) is 0 Å². The molecule has 4 heteroatoms. The predicted octanol–water partition coefficient (Wildman–Crippen LogP) is 5.21. The molecule has 108 valence electrons. The first kappa shape index (κ1) is 16.1. The fourth-order valence-electron chi connectivity index (χ4n) is 1.94. The second kappa shape index (κ2) is 4.88. The Morgan fingerprint density at radius 2 is 1.16 bits per heavy atom. The van der Waals surface area contributed by atoms with E-state index in [9.17, 15) is 12.9 Å². The monoisotopic (exact) mass is 271 g/mol. The molecule has 19 heavy (non-hydrogen) atoms. The number of hydrogen-bond donors (Lipinski definition) is 0. The van der Waals surface area contributed by atoms with Crippen molar-refractivity contribution in [3.63, 3.8) is 0 Å². The fourth-order valence-corrected chi connectivity index (χ4v) is 1.94. The summed E-state index contributed by atoms with van der Waals surface area (Å²) in [6.07, 6.45) is -0.799. The van der Waals surface area contributed by atoms with Crippen molar-refractivity contribution in [2.75, 3.05) is 0 Å². The molecule has 0 fully saturated rings. The highest BCUT2D eigenvalue weighted by atomic mass is 19.4. The molecule has 0 N–H and O–H groups in total. The van der Waals surface area contributed by atoms with E-state index in [1.807, 2.05) is 47.6 Å². The van der Waals surface area contributed by atoms with Crippen LogP contribution in [0.3, 0.4) is 0 Å². The molecule has 0 spiro atoms. The summed E-state index contributed by atoms with van der Waals surface area (Å²) in [5.41, 5.74) is 2.03. The van der Waals surface area contributed by atoms with E-state index >= 15 is 0 Å². The molecular weight excluding hydrogens is 248 g/mol. The molecule has 0 aliphatic heterocycles. The Kier molecular flexibility index (Phi) is 4.14. The van der Waals surface area contributed by atoms with E-state index < -0.39 is 13.3 Å². The summed E-state index contributed by atoms with van der Waals surface area (Å²) in [6, 6.07) is 5.43. The Bertz CT molecular complexity index is 416. The molecule has 0 aliphatic rings. The maximum atomic E-state index is 12.7. The number of benzene rings is 1. The van der Waals surface area contributed by atoms with E-state index in [0.717, 1.165) is 11.1 Å². The highest BCUT2D eigenvalue weighted by Gasteiger charge is 2.26. The van der Waals surface area contributed by atoms with Crippen LogP contribution >= 0.6 is 0 Å². The van der Waals surface area contributed by atoms with Crippen molar-refractivity contribution in [3.8, 4) is 0 Å². The summed E-state index contributed by atoms with van der Waals surface area (Å²) in [7, 11) is 0. The maximum absolute atomic E-state index is 12.7. The van der Waals surface area contributed by atoms with E-state index in [2.05, 4.69) is 0 Å². The third-order valence-corrected chi connectivity index (χ3v) is 3.19. The van der Waals surface area contributed by atoms with E-state index in [0.29, 0.717) is 5.56 Å². The van der Waals surface area contributed by atoms with Gasteiger partial charge in [-0.05, 0) is 22.0 Å². The molecule has 0 saturated carbocycles. The number of hydrogen-bond acceptors (Lipinski definition) is 0. The molecule has 0 nitrogen and oxygen atoms in total. The maximum Gasteiger partial charge on any atom is 0.482 e. The fraction of sp³-hybridized carbons (Fsp3) is 0.600. The first-order valence-corrected chi connectivity index (χ1v) is 6.65. The molecule has 1 aromatic carbocycles. The first-order chi connectivity index (χ1) is 8.29. The van der Waals surface area contributed by atoms with Gasteiger partial charge in [-0.25, -0.2) is 0 Å². The highest BCUT2D eigenvalue weighted by Crippen LogP contribution is 2.31. The molecule has 0 atom stereocenters. The van der Waals surface area contributed by atoms with Gasteiger partial charge in [0.1, 0.15) is 0 Å². The van der Waals surface area contributed by atoms with Crippen molar-refractivity contribution < 1.29 is 12.9 Å². The summed E-state index contributed by atoms with van der Waals surface area (Å²) >= 11 is 0. The second-order valence-corrected chi connectivity index (χ2v) is 7.33. The van der Waals surface area contributed by atoms with Gasteiger partial charge in [-0.3, -0.25) is 0 Å². The van der Waals surface area contributed by atoms with Crippen LogP contribution in [0.5, 0.6) is 0 Å². The van der Waals surface area contributed by atoms with Crippen molar-refractivity contribution in [3.05, 3.63) is 34.9 Å². The molecule has 0 aliphatic carbocycles. The van der Waals surface area contributed by atoms with Crippen LogP contribution in [-0.2, 0) is 17.2 Å². The minimum Gasteiger partial charge on any atom is -0.449 e. The predicted molar refractivity (Wildman–Crippen MR) is 76.6 cm³/mol. The quantitative estimate of drug-likeness (QED) is 0.647. The Morgan fingerprint density at radius 3 is 1.42 bits per heavy atom. The molecule has 0 amide bonds. The van der Waals surface area contributed by atoms with Gasteiger partial charge in [-0.2, -0.15) is 0 Å². The van der Waals surface area contributed by atoms with Gasteiger partial charge in [0.05, 0.1) is 0 Å². The molecule has 0 unspecified atom stereocenters. The third kappa shape index (κ3) is 4.92. The van der Waals surface area contributed by atoms with E-state index in [-0.39, 0.29) is 10.8 Å². The van der Waals surface area contributed by atoms with Gasteiger partial charge < -0.3 is 12.9 Å². The van der Waals surface area contributed by atoms with Crippen LogP contribution < -0.4 is 0 Å². The van der Waals surface area contributed by atoms with Crippen molar-refractivity contribution in [2.45, 2.75) is 58.7 Å². The van der Waals surface area contributed by atoms with Crippen LogP contribution in [0, 0.1) is 0 Å². The molecule has 1 rings (SSSR count). The SMILES string of the molecule is CC(C)(C)c1cc(C[B-](F)(F)F)cc(C(C)(C)C)c1. The third-order valence-electron chi connectivity index (χ3n) is 3.19. The van der Waals surface area contributed by atoms with Crippen LogP contribution in [-0.4, -0.2) is 6.98 Å². The van der Waals surface area contributed by atoms with Gasteiger partial charge in [0.2, 0.25) is 0 Å². The van der Waals surface area contributed by atoms with Gasteiger partial charge in [0, 0.05) is 0 Å². The zero-order chi connectivity index (χ0) is 15.1. The van der Waals surface area contributed by atoms with Crippen LogP contribution in [0.2, 0.25) is 0 Å². The normalized spacial score (nSPS) is 13.7. The zero-order valence-electron chi connectivity index (χ0n) is 12.7. The van der Waals surface area contributed by atoms with Gasteiger partial charge >= 0.3 is 6.98 Å². The number of halogens is 3. The molecule has 0 bridgehead atoms. The van der Waals surface area contributed by atoms with Crippen LogP contribution in [0.25, 0.3) is 0 Å². The average molecular weight is 271 g/mol. The highest BCUT2D eigenvalue weighted by molar-refractivity contribution is 6.57. The Balaban J connectivity index is 3.33. The molecule has 0 saturated heterocycles. The van der Waals surface area contributed by atoms with Gasteiger partial charge in [-0.15, -0.1) is 0 Å². The molecule has 0 heterocycles. The van der Waals surface area contributed by atoms with Crippen molar-refractivity contribution in [2.24, 2.45) is 0 Å². The number of rotatable bonds is 2. The van der Waals surface area contributed by atoms with Crippen LogP contribution in [0.15, 0.2) is 18.2 Å². The summed E-state index contributed by atoms with van der Waals surface area (Å²) in [5.74, 6) is 0. The largest absolute Gasteiger partial charge is 0.482 e. The van der Waals surface area contributed by atoms with Gasteiger partial charge in [0.25, 0.3) is 0 Å². The smallest absolute Gasteiger partial charge is 0.449 e. The zero-order valence-corrected chi connectivity index (χ0v) is 12.7. The first-order valence-electron chi connectivity index (χ1n) is 6.65. The Morgan fingerprint density at radius 1 is 0.789 bits per heavy atom. The minimum atomic E-state index is -4.79. The lowest BCUT2D eigenvalue weighted by atomic mass is 9.75. The topological polar surface area (TPSA) is 0 Å². The molecule has 0 radical (unpaired) electrons. The van der Waals surface area contributed by atoms with Crippen LogP contribution in [0.4, 0.5) is 12.9 Å². The molecular formula is C15H23BF3-. The molecule has 0 aromatic heterocycles. The van der Waals surface area contributed by atoms with E-state index in [1.165, 1.54) is 0 Å². The van der Waals surface area contributed by atoms with Crippen LogP contribution in [0.1, 0.15) is 58.2 Å². The Hall–Kier alpha value is -0.925. The Labute approximate surface area is 114 Å². The average Bonchev–Trinajstić information content (AvgIpc) is 2.11. The summed E-state index contributed by atoms with van der Waals surface area (Å²) < 4.78 is 38.0.